The molecule has 1 unspecified atom stereocenters. The molecule has 1 aliphatic heterocycles. The molecule has 0 spiro atoms. The van der Waals surface area contributed by atoms with Crippen LogP contribution in [0, 0.1) is 13.8 Å². The Morgan fingerprint density at radius 3 is 2.50 bits per heavy atom. The van der Waals surface area contributed by atoms with Gasteiger partial charge in [0.25, 0.3) is 15.9 Å². The molecule has 1 fully saturated rings. The van der Waals surface area contributed by atoms with Gasteiger partial charge in [-0.1, -0.05) is 35.9 Å². The van der Waals surface area contributed by atoms with Crippen molar-refractivity contribution in [2.75, 3.05) is 50.5 Å². The number of aryl methyl sites for hydroxylation is 2. The number of carbonyl (C=O) groups excluding carboxylic acids is 2. The maximum atomic E-state index is 13.4. The van der Waals surface area contributed by atoms with Crippen LogP contribution in [0.5, 0.6) is 5.75 Å². The number of rotatable bonds is 9. The minimum Gasteiger partial charge on any atom is -0.495 e. The van der Waals surface area contributed by atoms with Crippen molar-refractivity contribution in [1.82, 2.24) is 9.80 Å². The number of anilines is 2. The Morgan fingerprint density at radius 2 is 1.77 bits per heavy atom. The number of nitrogens with zero attached hydrogens (tertiary/aromatic N) is 3. The highest BCUT2D eigenvalue weighted by Crippen LogP contribution is 2.30. The van der Waals surface area contributed by atoms with Crippen LogP contribution in [0.2, 0.25) is 0 Å². The summed E-state index contributed by atoms with van der Waals surface area (Å²) < 4.78 is 34.2. The van der Waals surface area contributed by atoms with E-state index < -0.39 is 10.0 Å². The molecule has 1 atom stereocenters. The van der Waals surface area contributed by atoms with Gasteiger partial charge in [0.1, 0.15) is 10.6 Å². The number of likely N-dealkylation sites (tertiary alicyclic amines) is 1. The van der Waals surface area contributed by atoms with E-state index in [1.165, 1.54) is 18.1 Å². The van der Waals surface area contributed by atoms with Gasteiger partial charge in [0.05, 0.1) is 19.3 Å². The summed E-state index contributed by atoms with van der Waals surface area (Å²) in [5, 5.41) is 0. The number of carbonyl (C=O) groups is 2. The summed E-state index contributed by atoms with van der Waals surface area (Å²) in [5.74, 6) is 0.115. The smallest absolute Gasteiger partial charge is 0.265 e. The molecule has 1 aliphatic rings. The number of amides is 2. The van der Waals surface area contributed by atoms with Crippen LogP contribution >= 0.6 is 0 Å². The number of benzene rings is 3. The third kappa shape index (κ3) is 6.39. The zero-order valence-electron chi connectivity index (χ0n) is 23.5. The molecule has 3 aromatic carbocycles. The molecule has 0 aliphatic carbocycles. The first-order chi connectivity index (χ1) is 19.0. The Bertz CT molecular complexity index is 1510. The van der Waals surface area contributed by atoms with Gasteiger partial charge in [-0.05, 0) is 62.2 Å². The van der Waals surface area contributed by atoms with Gasteiger partial charge in [-0.3, -0.25) is 14.3 Å². The van der Waals surface area contributed by atoms with Crippen LogP contribution < -0.4 is 14.4 Å². The van der Waals surface area contributed by atoms with Crippen LogP contribution in [0.3, 0.4) is 0 Å². The van der Waals surface area contributed by atoms with E-state index in [1.54, 1.807) is 50.5 Å². The Hall–Kier alpha value is -4.05. The third-order valence-electron chi connectivity index (χ3n) is 7.11. The summed E-state index contributed by atoms with van der Waals surface area (Å²) in [5.41, 5.74) is 3.67. The monoisotopic (exact) mass is 564 g/mol. The number of methoxy groups -OCH3 is 1. The number of para-hydroxylation sites is 1. The SMILES string of the molecule is COc1ccccc1S(=O)(=O)Nc1cccc(N(CC(=O)N(C)C)C2CCN(C(=O)c3cc(C)ccc3C)C2)c1. The van der Waals surface area contributed by atoms with Crippen molar-refractivity contribution in [3.05, 3.63) is 83.4 Å². The van der Waals surface area contributed by atoms with E-state index in [0.29, 0.717) is 36.4 Å². The lowest BCUT2D eigenvalue weighted by Gasteiger charge is -2.32. The predicted molar refractivity (Wildman–Crippen MR) is 157 cm³/mol. The molecule has 212 valence electrons. The van der Waals surface area contributed by atoms with Crippen LogP contribution in [0.25, 0.3) is 0 Å². The number of sulfonamides is 1. The van der Waals surface area contributed by atoms with Crippen molar-refractivity contribution < 1.29 is 22.7 Å². The minimum absolute atomic E-state index is 0.0268. The highest BCUT2D eigenvalue weighted by Gasteiger charge is 2.33. The van der Waals surface area contributed by atoms with E-state index in [1.807, 2.05) is 47.9 Å². The second kappa shape index (κ2) is 12.0. The molecule has 0 aromatic heterocycles. The second-order valence-electron chi connectivity index (χ2n) is 10.2. The maximum Gasteiger partial charge on any atom is 0.265 e. The third-order valence-corrected chi connectivity index (χ3v) is 8.53. The molecule has 0 bridgehead atoms. The summed E-state index contributed by atoms with van der Waals surface area (Å²) in [6, 6.07) is 19.1. The molecule has 10 heteroatoms. The van der Waals surface area contributed by atoms with Gasteiger partial charge in [-0.25, -0.2) is 8.42 Å². The van der Waals surface area contributed by atoms with Gasteiger partial charge in [0.15, 0.2) is 0 Å². The zero-order valence-corrected chi connectivity index (χ0v) is 24.4. The summed E-state index contributed by atoms with van der Waals surface area (Å²) in [4.78, 5) is 31.6. The average Bonchev–Trinajstić information content (AvgIpc) is 3.42. The quantitative estimate of drug-likeness (QED) is 0.423. The van der Waals surface area contributed by atoms with Crippen LogP contribution in [-0.4, -0.2) is 76.9 Å². The summed E-state index contributed by atoms with van der Waals surface area (Å²) >= 11 is 0. The lowest BCUT2D eigenvalue weighted by Crippen LogP contribution is -2.44. The highest BCUT2D eigenvalue weighted by molar-refractivity contribution is 7.92. The molecule has 40 heavy (non-hydrogen) atoms. The molecule has 1 heterocycles. The number of nitrogens with one attached hydrogen (secondary N) is 1. The Labute approximate surface area is 236 Å². The van der Waals surface area contributed by atoms with E-state index in [4.69, 9.17) is 4.74 Å². The fourth-order valence-electron chi connectivity index (χ4n) is 4.83. The van der Waals surface area contributed by atoms with Crippen LogP contribution in [-0.2, 0) is 14.8 Å². The molecule has 0 radical (unpaired) electrons. The Balaban J connectivity index is 1.60. The summed E-state index contributed by atoms with van der Waals surface area (Å²) in [6.07, 6.45) is 0.675. The van der Waals surface area contributed by atoms with Crippen molar-refractivity contribution in [1.29, 1.82) is 0 Å². The first kappa shape index (κ1) is 28.9. The molecule has 9 nitrogen and oxygen atoms in total. The largest absolute Gasteiger partial charge is 0.495 e. The van der Waals surface area contributed by atoms with Gasteiger partial charge in [-0.2, -0.15) is 0 Å². The fourth-order valence-corrected chi connectivity index (χ4v) is 6.06. The van der Waals surface area contributed by atoms with Crippen molar-refractivity contribution in [3.8, 4) is 5.75 Å². The number of likely N-dealkylation sites (N-methyl/N-ethyl adjacent to an activating group) is 1. The molecule has 2 amide bonds. The van der Waals surface area contributed by atoms with Crippen molar-refractivity contribution in [2.45, 2.75) is 31.2 Å². The summed E-state index contributed by atoms with van der Waals surface area (Å²) in [7, 11) is 0.883. The van der Waals surface area contributed by atoms with Crippen molar-refractivity contribution in [3.63, 3.8) is 0 Å². The standard InChI is InChI=1S/C30H36N4O5S/c1-21-13-14-22(2)26(17-21)30(36)33-16-15-25(19-33)34(20-29(35)32(3)4)24-10-8-9-23(18-24)31-40(37,38)28-12-7-6-11-27(28)39-5/h6-14,17-18,25,31H,15-16,19-20H2,1-5H3. The van der Waals surface area contributed by atoms with E-state index in [0.717, 1.165) is 11.1 Å². The highest BCUT2D eigenvalue weighted by atomic mass is 32.2. The fraction of sp³-hybridized carbons (Fsp3) is 0.333. The molecule has 0 saturated carbocycles. The normalized spacial score (nSPS) is 15.0. The van der Waals surface area contributed by atoms with Crippen LogP contribution in [0.1, 0.15) is 27.9 Å². The van der Waals surface area contributed by atoms with Gasteiger partial charge >= 0.3 is 0 Å². The van der Waals surface area contributed by atoms with E-state index in [-0.39, 0.29) is 35.0 Å². The van der Waals surface area contributed by atoms with Gasteiger partial charge in [-0.15, -0.1) is 0 Å². The average molecular weight is 565 g/mol. The molecular formula is C30H36N4O5S. The summed E-state index contributed by atoms with van der Waals surface area (Å²) in [6.45, 7) is 4.99. The Morgan fingerprint density at radius 1 is 1.02 bits per heavy atom. The zero-order chi connectivity index (χ0) is 29.0. The topological polar surface area (TPSA) is 99.3 Å². The van der Waals surface area contributed by atoms with Crippen molar-refractivity contribution in [2.24, 2.45) is 0 Å². The van der Waals surface area contributed by atoms with E-state index >= 15 is 0 Å². The van der Waals surface area contributed by atoms with Crippen molar-refractivity contribution >= 4 is 33.2 Å². The number of hydrogen-bond donors (Lipinski definition) is 1. The molecule has 1 saturated heterocycles. The molecular weight excluding hydrogens is 528 g/mol. The number of ether oxygens (including phenoxy) is 1. The minimum atomic E-state index is -3.93. The molecule has 4 rings (SSSR count). The first-order valence-electron chi connectivity index (χ1n) is 13.1. The van der Waals surface area contributed by atoms with Gasteiger partial charge in [0, 0.05) is 44.5 Å². The van der Waals surface area contributed by atoms with Gasteiger partial charge < -0.3 is 19.4 Å². The van der Waals surface area contributed by atoms with E-state index in [9.17, 15) is 18.0 Å². The molecule has 3 aromatic rings. The van der Waals surface area contributed by atoms with Gasteiger partial charge in [0.2, 0.25) is 5.91 Å². The predicted octanol–water partition coefficient (Wildman–Crippen LogP) is 3.92. The Kier molecular flexibility index (Phi) is 8.68. The lowest BCUT2D eigenvalue weighted by atomic mass is 10.0. The van der Waals surface area contributed by atoms with Crippen LogP contribution in [0.4, 0.5) is 11.4 Å². The van der Waals surface area contributed by atoms with E-state index in [2.05, 4.69) is 4.72 Å². The lowest BCUT2D eigenvalue weighted by molar-refractivity contribution is -0.127. The first-order valence-corrected chi connectivity index (χ1v) is 14.6. The maximum absolute atomic E-state index is 13.4. The number of hydrogen-bond acceptors (Lipinski definition) is 6. The molecule has 1 N–H and O–H groups in total. The second-order valence-corrected chi connectivity index (χ2v) is 11.9. The van der Waals surface area contributed by atoms with Crippen LogP contribution in [0.15, 0.2) is 71.6 Å².